The summed E-state index contributed by atoms with van der Waals surface area (Å²) in [5, 5.41) is 3.35. The van der Waals surface area contributed by atoms with Crippen LogP contribution in [0.4, 0.5) is 0 Å². The van der Waals surface area contributed by atoms with Gasteiger partial charge >= 0.3 is 0 Å². The quantitative estimate of drug-likeness (QED) is 0.553. The lowest BCUT2D eigenvalue weighted by Gasteiger charge is -2.17. The molecule has 1 saturated heterocycles. The number of carbonyl (C=O) groups excluding carboxylic acids is 1. The monoisotopic (exact) mass is 282 g/mol. The number of hydrogen-bond acceptors (Lipinski definition) is 2. The summed E-state index contributed by atoms with van der Waals surface area (Å²) in [6, 6.07) is 0.101. The second-order valence-corrected chi connectivity index (χ2v) is 6.10. The van der Waals surface area contributed by atoms with Gasteiger partial charge in [0, 0.05) is 13.1 Å². The minimum atomic E-state index is 0.101. The van der Waals surface area contributed by atoms with Gasteiger partial charge in [0.1, 0.15) is 0 Å². The van der Waals surface area contributed by atoms with Gasteiger partial charge in [-0.1, -0.05) is 58.8 Å². The van der Waals surface area contributed by atoms with E-state index in [1.165, 1.54) is 51.4 Å². The third-order valence-corrected chi connectivity index (χ3v) is 4.22. The van der Waals surface area contributed by atoms with E-state index in [9.17, 15) is 4.79 Å². The summed E-state index contributed by atoms with van der Waals surface area (Å²) in [6.45, 7) is 7.29. The van der Waals surface area contributed by atoms with E-state index in [0.29, 0.717) is 5.91 Å². The number of likely N-dealkylation sites (tertiary alicyclic amines) is 1. The van der Waals surface area contributed by atoms with E-state index in [-0.39, 0.29) is 6.04 Å². The van der Waals surface area contributed by atoms with E-state index >= 15 is 0 Å². The van der Waals surface area contributed by atoms with Crippen molar-refractivity contribution in [3.05, 3.63) is 0 Å². The van der Waals surface area contributed by atoms with Crippen molar-refractivity contribution in [2.45, 2.75) is 84.1 Å². The average Bonchev–Trinajstić information content (AvgIpc) is 2.80. The number of rotatable bonds is 12. The van der Waals surface area contributed by atoms with Crippen molar-refractivity contribution in [1.82, 2.24) is 10.2 Å². The van der Waals surface area contributed by atoms with Crippen LogP contribution < -0.4 is 5.32 Å². The molecule has 1 fully saturated rings. The van der Waals surface area contributed by atoms with E-state index in [0.717, 1.165) is 32.5 Å². The fourth-order valence-corrected chi connectivity index (χ4v) is 2.91. The molecule has 0 saturated carbocycles. The SMILES string of the molecule is CCCCCCCCCCN1CCC(NCCC)C1=O. The summed E-state index contributed by atoms with van der Waals surface area (Å²) < 4.78 is 0. The first kappa shape index (κ1) is 17.5. The second-order valence-electron chi connectivity index (χ2n) is 6.10. The Morgan fingerprint density at radius 1 is 1.00 bits per heavy atom. The van der Waals surface area contributed by atoms with Crippen molar-refractivity contribution in [3.8, 4) is 0 Å². The molecular formula is C17H34N2O. The van der Waals surface area contributed by atoms with Crippen molar-refractivity contribution in [3.63, 3.8) is 0 Å². The van der Waals surface area contributed by atoms with Crippen LogP contribution in [0.5, 0.6) is 0 Å². The number of amides is 1. The van der Waals surface area contributed by atoms with E-state index < -0.39 is 0 Å². The van der Waals surface area contributed by atoms with Gasteiger partial charge in [-0.2, -0.15) is 0 Å². The van der Waals surface area contributed by atoms with Gasteiger partial charge in [-0.3, -0.25) is 4.79 Å². The standard InChI is InChI=1S/C17H34N2O/c1-3-5-6-7-8-9-10-11-14-19-15-12-16(17(19)20)18-13-4-2/h16,18H,3-15H2,1-2H3. The summed E-state index contributed by atoms with van der Waals surface area (Å²) in [5.74, 6) is 0.335. The highest BCUT2D eigenvalue weighted by atomic mass is 16.2. The van der Waals surface area contributed by atoms with E-state index in [2.05, 4.69) is 24.1 Å². The summed E-state index contributed by atoms with van der Waals surface area (Å²) in [4.78, 5) is 14.2. The number of nitrogens with zero attached hydrogens (tertiary/aromatic N) is 1. The Balaban J connectivity index is 1.98. The largest absolute Gasteiger partial charge is 0.341 e. The first-order chi connectivity index (χ1) is 9.79. The van der Waals surface area contributed by atoms with Gasteiger partial charge in [-0.25, -0.2) is 0 Å². The maximum absolute atomic E-state index is 12.1. The molecule has 0 aromatic heterocycles. The summed E-state index contributed by atoms with van der Waals surface area (Å²) in [7, 11) is 0. The number of unbranched alkanes of at least 4 members (excludes halogenated alkanes) is 7. The van der Waals surface area contributed by atoms with Crippen molar-refractivity contribution >= 4 is 5.91 Å². The zero-order valence-electron chi connectivity index (χ0n) is 13.6. The molecule has 20 heavy (non-hydrogen) atoms. The van der Waals surface area contributed by atoms with Crippen LogP contribution in [0.3, 0.4) is 0 Å². The predicted octanol–water partition coefficient (Wildman–Crippen LogP) is 3.73. The normalized spacial score (nSPS) is 19.0. The maximum Gasteiger partial charge on any atom is 0.239 e. The van der Waals surface area contributed by atoms with E-state index in [1.54, 1.807) is 0 Å². The minimum Gasteiger partial charge on any atom is -0.341 e. The molecule has 3 heteroatoms. The highest BCUT2D eigenvalue weighted by Gasteiger charge is 2.30. The van der Waals surface area contributed by atoms with Crippen LogP contribution in [-0.2, 0) is 4.79 Å². The third-order valence-electron chi connectivity index (χ3n) is 4.22. The molecule has 0 aromatic carbocycles. The molecule has 0 radical (unpaired) electrons. The molecule has 1 atom stereocenters. The summed E-state index contributed by atoms with van der Waals surface area (Å²) in [6.07, 6.45) is 12.8. The topological polar surface area (TPSA) is 32.3 Å². The van der Waals surface area contributed by atoms with Gasteiger partial charge in [0.25, 0.3) is 0 Å². The van der Waals surface area contributed by atoms with Crippen molar-refractivity contribution in [2.75, 3.05) is 19.6 Å². The fourth-order valence-electron chi connectivity index (χ4n) is 2.91. The second kappa shape index (κ2) is 11.1. The van der Waals surface area contributed by atoms with Crippen LogP contribution in [0, 0.1) is 0 Å². The van der Waals surface area contributed by atoms with Crippen LogP contribution in [0.15, 0.2) is 0 Å². The molecule has 118 valence electrons. The molecule has 1 aliphatic heterocycles. The van der Waals surface area contributed by atoms with Crippen LogP contribution in [0.25, 0.3) is 0 Å². The zero-order valence-corrected chi connectivity index (χ0v) is 13.6. The van der Waals surface area contributed by atoms with Crippen LogP contribution in [-0.4, -0.2) is 36.5 Å². The molecule has 0 bridgehead atoms. The Kier molecular flexibility index (Phi) is 9.73. The molecule has 1 rings (SSSR count). The molecular weight excluding hydrogens is 248 g/mol. The molecule has 1 aliphatic rings. The fraction of sp³-hybridized carbons (Fsp3) is 0.941. The minimum absolute atomic E-state index is 0.101. The van der Waals surface area contributed by atoms with E-state index in [1.807, 2.05) is 0 Å². The lowest BCUT2D eigenvalue weighted by molar-refractivity contribution is -0.129. The van der Waals surface area contributed by atoms with Crippen molar-refractivity contribution < 1.29 is 4.79 Å². The molecule has 3 nitrogen and oxygen atoms in total. The highest BCUT2D eigenvalue weighted by Crippen LogP contribution is 2.14. The van der Waals surface area contributed by atoms with E-state index in [4.69, 9.17) is 0 Å². The Morgan fingerprint density at radius 2 is 1.65 bits per heavy atom. The Labute approximate surface area is 125 Å². The lowest BCUT2D eigenvalue weighted by Crippen LogP contribution is -2.38. The van der Waals surface area contributed by atoms with Gasteiger partial charge in [0.2, 0.25) is 5.91 Å². The Morgan fingerprint density at radius 3 is 2.30 bits per heavy atom. The van der Waals surface area contributed by atoms with Crippen LogP contribution >= 0.6 is 0 Å². The van der Waals surface area contributed by atoms with Gasteiger partial charge in [0.15, 0.2) is 0 Å². The van der Waals surface area contributed by atoms with Crippen LogP contribution in [0.2, 0.25) is 0 Å². The molecule has 0 spiro atoms. The van der Waals surface area contributed by atoms with Gasteiger partial charge < -0.3 is 10.2 Å². The molecule has 1 amide bonds. The Hall–Kier alpha value is -0.570. The molecule has 0 aliphatic carbocycles. The summed E-state index contributed by atoms with van der Waals surface area (Å²) in [5.41, 5.74) is 0. The summed E-state index contributed by atoms with van der Waals surface area (Å²) >= 11 is 0. The van der Waals surface area contributed by atoms with Gasteiger partial charge in [0.05, 0.1) is 6.04 Å². The smallest absolute Gasteiger partial charge is 0.239 e. The lowest BCUT2D eigenvalue weighted by atomic mass is 10.1. The first-order valence-corrected chi connectivity index (χ1v) is 8.81. The average molecular weight is 282 g/mol. The maximum atomic E-state index is 12.1. The highest BCUT2D eigenvalue weighted by molar-refractivity contribution is 5.83. The third kappa shape index (κ3) is 6.74. The Bertz CT molecular complexity index is 255. The van der Waals surface area contributed by atoms with Gasteiger partial charge in [-0.15, -0.1) is 0 Å². The number of hydrogen-bond donors (Lipinski definition) is 1. The van der Waals surface area contributed by atoms with Gasteiger partial charge in [-0.05, 0) is 25.8 Å². The molecule has 1 unspecified atom stereocenters. The van der Waals surface area contributed by atoms with Crippen LogP contribution in [0.1, 0.15) is 78.1 Å². The first-order valence-electron chi connectivity index (χ1n) is 8.81. The zero-order chi connectivity index (χ0) is 14.6. The molecule has 0 aromatic rings. The molecule has 1 N–H and O–H groups in total. The van der Waals surface area contributed by atoms with Crippen molar-refractivity contribution in [2.24, 2.45) is 0 Å². The molecule has 1 heterocycles. The predicted molar refractivity (Wildman–Crippen MR) is 85.9 cm³/mol. The van der Waals surface area contributed by atoms with Crippen molar-refractivity contribution in [1.29, 1.82) is 0 Å². The number of nitrogens with one attached hydrogen (secondary N) is 1. The number of carbonyl (C=O) groups is 1.